The number of rotatable bonds is 5. The van der Waals surface area contributed by atoms with E-state index in [4.69, 9.17) is 0 Å². The molecule has 0 fully saturated rings. The molecular formula is C25H14F7N2O2PS. The Labute approximate surface area is 216 Å². The average Bonchev–Trinajstić information content (AvgIpc) is 3.30. The Morgan fingerprint density at radius 3 is 2.21 bits per heavy atom. The van der Waals surface area contributed by atoms with E-state index in [1.807, 2.05) is 0 Å². The highest BCUT2D eigenvalue weighted by Crippen LogP contribution is 2.42. The van der Waals surface area contributed by atoms with Gasteiger partial charge in [0.15, 0.2) is 0 Å². The van der Waals surface area contributed by atoms with Crippen LogP contribution in [0.25, 0.3) is 21.0 Å². The fraction of sp³-hybridized carbons (Fsp3) is 0.120. The minimum atomic E-state index is -4.78. The van der Waals surface area contributed by atoms with Crippen molar-refractivity contribution in [1.82, 2.24) is 4.57 Å². The van der Waals surface area contributed by atoms with Gasteiger partial charge in [0.1, 0.15) is 29.0 Å². The maximum Gasteiger partial charge on any atom is 0.419 e. The Kier molecular flexibility index (Phi) is 7.12. The SMILES string of the molecule is N#Cc1c(C(F)(F)P)cc(-c2ccc(-c3ccc(C(F)(F)F)c(O)c3)s2)n(Cc2ccc(F)cc2F)c1=O. The molecule has 0 spiro atoms. The van der Waals surface area contributed by atoms with Gasteiger partial charge in [-0.3, -0.25) is 4.79 Å². The molecule has 2 heterocycles. The first-order valence-electron chi connectivity index (χ1n) is 10.5. The Morgan fingerprint density at radius 1 is 0.947 bits per heavy atom. The number of halogens is 7. The average molecular weight is 570 g/mol. The van der Waals surface area contributed by atoms with E-state index >= 15 is 0 Å². The number of hydrogen-bond donors (Lipinski definition) is 1. The molecule has 4 rings (SSSR count). The number of nitrogens with zero attached hydrogens (tertiary/aromatic N) is 2. The Hall–Kier alpha value is -3.68. The van der Waals surface area contributed by atoms with E-state index in [0.717, 1.165) is 46.2 Å². The normalized spacial score (nSPS) is 12.0. The van der Waals surface area contributed by atoms with E-state index in [1.54, 1.807) is 0 Å². The van der Waals surface area contributed by atoms with Gasteiger partial charge in [0.25, 0.3) is 11.2 Å². The summed E-state index contributed by atoms with van der Waals surface area (Å²) in [7, 11) is 1.24. The van der Waals surface area contributed by atoms with Crippen LogP contribution in [0.5, 0.6) is 5.75 Å². The monoisotopic (exact) mass is 570 g/mol. The first kappa shape index (κ1) is 27.4. The molecule has 0 bridgehead atoms. The fourth-order valence-electron chi connectivity index (χ4n) is 3.75. The fourth-order valence-corrected chi connectivity index (χ4v) is 5.01. The number of nitriles is 1. The summed E-state index contributed by atoms with van der Waals surface area (Å²) >= 11 is 0.894. The van der Waals surface area contributed by atoms with Crippen molar-refractivity contribution >= 4 is 20.6 Å². The highest BCUT2D eigenvalue weighted by molar-refractivity contribution is 7.18. The Balaban J connectivity index is 1.90. The third kappa shape index (κ3) is 5.30. The summed E-state index contributed by atoms with van der Waals surface area (Å²) in [6, 6.07) is 10.5. The van der Waals surface area contributed by atoms with Crippen LogP contribution < -0.4 is 5.56 Å². The highest BCUT2D eigenvalue weighted by Gasteiger charge is 2.34. The van der Waals surface area contributed by atoms with Crippen molar-refractivity contribution in [2.75, 3.05) is 0 Å². The van der Waals surface area contributed by atoms with E-state index in [1.165, 1.54) is 27.4 Å². The Bertz CT molecular complexity index is 1650. The standard InChI is InChI=1S/C25H14F7N2O2PS/c26-14-3-1-13(18(27)8-14)11-34-19(9-17(25(31,32)37)15(10-33)23(34)36)22-6-5-21(38-22)12-2-4-16(20(35)7-12)24(28,29)30/h1-9,35H,11,37H2. The van der Waals surface area contributed by atoms with Gasteiger partial charge in [0, 0.05) is 22.1 Å². The van der Waals surface area contributed by atoms with Crippen LogP contribution in [0.15, 0.2) is 59.4 Å². The summed E-state index contributed by atoms with van der Waals surface area (Å²) < 4.78 is 96.3. The predicted octanol–water partition coefficient (Wildman–Crippen LogP) is 7.09. The quantitative estimate of drug-likeness (QED) is 0.206. The van der Waals surface area contributed by atoms with Crippen molar-refractivity contribution in [3.8, 4) is 32.8 Å². The third-order valence-electron chi connectivity index (χ3n) is 5.56. The maximum atomic E-state index is 14.4. The number of alkyl halides is 5. The summed E-state index contributed by atoms with van der Waals surface area (Å²) in [5.74, 6) is -2.90. The van der Waals surface area contributed by atoms with Gasteiger partial charge < -0.3 is 9.67 Å². The molecule has 196 valence electrons. The second-order valence-electron chi connectivity index (χ2n) is 8.07. The van der Waals surface area contributed by atoms with Crippen LogP contribution in [0, 0.1) is 23.0 Å². The van der Waals surface area contributed by atoms with E-state index in [-0.39, 0.29) is 21.7 Å². The number of aromatic hydroxyl groups is 1. The molecule has 1 N–H and O–H groups in total. The van der Waals surface area contributed by atoms with Crippen LogP contribution in [0.3, 0.4) is 0 Å². The zero-order valence-electron chi connectivity index (χ0n) is 18.8. The van der Waals surface area contributed by atoms with Gasteiger partial charge in [-0.2, -0.15) is 27.2 Å². The van der Waals surface area contributed by atoms with Crippen molar-refractivity contribution in [3.05, 3.63) is 98.8 Å². The molecule has 0 saturated heterocycles. The smallest absolute Gasteiger partial charge is 0.419 e. The highest BCUT2D eigenvalue weighted by atomic mass is 32.1. The number of thiophene rings is 1. The first-order valence-corrected chi connectivity index (χ1v) is 11.9. The summed E-state index contributed by atoms with van der Waals surface area (Å²) in [4.78, 5) is 13.7. The molecule has 0 radical (unpaired) electrons. The molecule has 0 aliphatic heterocycles. The van der Waals surface area contributed by atoms with Crippen molar-refractivity contribution in [2.24, 2.45) is 0 Å². The van der Waals surface area contributed by atoms with Crippen LogP contribution in [0.2, 0.25) is 0 Å². The first-order chi connectivity index (χ1) is 17.7. The van der Waals surface area contributed by atoms with Crippen LogP contribution in [0.1, 0.15) is 22.3 Å². The van der Waals surface area contributed by atoms with E-state index in [9.17, 15) is 45.9 Å². The lowest BCUT2D eigenvalue weighted by Gasteiger charge is -2.18. The number of phenolic OH excluding ortho intramolecular Hbond substituents is 1. The molecule has 2 aromatic heterocycles. The van der Waals surface area contributed by atoms with Gasteiger partial charge in [0.2, 0.25) is 0 Å². The molecule has 0 aliphatic carbocycles. The lowest BCUT2D eigenvalue weighted by atomic mass is 10.1. The predicted molar refractivity (Wildman–Crippen MR) is 130 cm³/mol. The zero-order valence-corrected chi connectivity index (χ0v) is 20.8. The third-order valence-corrected chi connectivity index (χ3v) is 7.03. The van der Waals surface area contributed by atoms with Crippen LogP contribution in [-0.4, -0.2) is 9.67 Å². The number of phenols is 1. The molecular weight excluding hydrogens is 556 g/mol. The molecule has 13 heteroatoms. The topological polar surface area (TPSA) is 66.0 Å². The summed E-state index contributed by atoms with van der Waals surface area (Å²) in [5.41, 5.74) is -7.96. The molecule has 1 unspecified atom stereocenters. The van der Waals surface area contributed by atoms with Gasteiger partial charge in [-0.25, -0.2) is 8.78 Å². The van der Waals surface area contributed by atoms with Crippen molar-refractivity contribution in [1.29, 1.82) is 5.26 Å². The number of hydrogen-bond acceptors (Lipinski definition) is 4. The summed E-state index contributed by atoms with van der Waals surface area (Å²) in [5, 5.41) is 19.3. The van der Waals surface area contributed by atoms with E-state index in [2.05, 4.69) is 0 Å². The van der Waals surface area contributed by atoms with Crippen molar-refractivity contribution in [3.63, 3.8) is 0 Å². The Morgan fingerprint density at radius 2 is 1.63 bits per heavy atom. The van der Waals surface area contributed by atoms with E-state index < -0.39 is 58.0 Å². The van der Waals surface area contributed by atoms with E-state index in [0.29, 0.717) is 17.0 Å². The molecule has 0 aliphatic rings. The van der Waals surface area contributed by atoms with Gasteiger partial charge in [0.05, 0.1) is 22.7 Å². The van der Waals surface area contributed by atoms with Crippen molar-refractivity contribution in [2.45, 2.75) is 18.4 Å². The molecule has 38 heavy (non-hydrogen) atoms. The summed E-state index contributed by atoms with van der Waals surface area (Å²) in [6.07, 6.45) is -4.78. The minimum Gasteiger partial charge on any atom is -0.507 e. The molecule has 4 aromatic rings. The molecule has 4 nitrogen and oxygen atoms in total. The van der Waals surface area contributed by atoms with Crippen molar-refractivity contribution < 1.29 is 35.8 Å². The minimum absolute atomic E-state index is 0.137. The lowest BCUT2D eigenvalue weighted by Crippen LogP contribution is -2.28. The zero-order chi connectivity index (χ0) is 28.0. The number of benzene rings is 2. The molecule has 0 amide bonds. The number of pyridine rings is 1. The lowest BCUT2D eigenvalue weighted by molar-refractivity contribution is -0.138. The largest absolute Gasteiger partial charge is 0.507 e. The molecule has 0 saturated carbocycles. The second kappa shape index (κ2) is 9.89. The van der Waals surface area contributed by atoms with Gasteiger partial charge in [-0.1, -0.05) is 21.4 Å². The van der Waals surface area contributed by atoms with Crippen LogP contribution >= 0.6 is 20.6 Å². The number of aromatic nitrogens is 1. The molecule has 2 aromatic carbocycles. The maximum absolute atomic E-state index is 14.4. The van der Waals surface area contributed by atoms with Crippen LogP contribution in [0.4, 0.5) is 30.7 Å². The van der Waals surface area contributed by atoms with Gasteiger partial charge in [-0.05, 0) is 42.0 Å². The van der Waals surface area contributed by atoms with Gasteiger partial charge >= 0.3 is 6.18 Å². The van der Waals surface area contributed by atoms with Crippen LogP contribution in [-0.2, 0) is 18.4 Å². The second-order valence-corrected chi connectivity index (χ2v) is 9.88. The molecule has 1 atom stereocenters. The summed E-state index contributed by atoms with van der Waals surface area (Å²) in [6.45, 7) is -0.536. The van der Waals surface area contributed by atoms with Gasteiger partial charge in [-0.15, -0.1) is 11.3 Å².